The number of amides is 2. The summed E-state index contributed by atoms with van der Waals surface area (Å²) in [6.45, 7) is 9.20. The quantitative estimate of drug-likeness (QED) is 0.742. The molecule has 0 fully saturated rings. The summed E-state index contributed by atoms with van der Waals surface area (Å²) in [6.07, 6.45) is 0.852. The molecule has 1 aliphatic heterocycles. The van der Waals surface area contributed by atoms with E-state index in [9.17, 15) is 9.59 Å². The molecule has 2 heterocycles. The zero-order chi connectivity index (χ0) is 20.3. The number of benzene rings is 1. The van der Waals surface area contributed by atoms with Crippen molar-refractivity contribution in [2.24, 2.45) is 0 Å². The van der Waals surface area contributed by atoms with Crippen LogP contribution in [0, 0.1) is 13.8 Å². The van der Waals surface area contributed by atoms with Crippen molar-refractivity contribution in [2.75, 3.05) is 26.2 Å². The maximum absolute atomic E-state index is 13.0. The molecule has 28 heavy (non-hydrogen) atoms. The van der Waals surface area contributed by atoms with E-state index in [1.165, 1.54) is 22.9 Å². The van der Waals surface area contributed by atoms with Gasteiger partial charge in [0.1, 0.15) is 12.4 Å². The molecule has 1 aromatic carbocycles. The highest BCUT2D eigenvalue weighted by Crippen LogP contribution is 2.34. The van der Waals surface area contributed by atoms with Gasteiger partial charge < -0.3 is 14.5 Å². The maximum Gasteiger partial charge on any atom is 0.242 e. The average Bonchev–Trinajstić information content (AvgIpc) is 3.13. The van der Waals surface area contributed by atoms with E-state index < -0.39 is 0 Å². The highest BCUT2D eigenvalue weighted by atomic mass is 32.1. The van der Waals surface area contributed by atoms with Gasteiger partial charge in [-0.3, -0.25) is 9.59 Å². The first-order valence-corrected chi connectivity index (χ1v) is 10.6. The molecule has 1 aliphatic rings. The number of thiophene rings is 1. The molecule has 150 valence electrons. The lowest BCUT2D eigenvalue weighted by Crippen LogP contribution is -2.47. The number of likely N-dealkylation sites (N-methyl/N-ethyl adjacent to an activating group) is 1. The first-order valence-electron chi connectivity index (χ1n) is 9.72. The maximum atomic E-state index is 13.0. The fraction of sp³-hybridized carbons (Fsp3) is 0.455. The topological polar surface area (TPSA) is 49.9 Å². The molecule has 0 spiro atoms. The van der Waals surface area contributed by atoms with Crippen molar-refractivity contribution in [1.82, 2.24) is 9.80 Å². The van der Waals surface area contributed by atoms with Crippen molar-refractivity contribution in [3.63, 3.8) is 0 Å². The molecule has 6 heteroatoms. The van der Waals surface area contributed by atoms with Gasteiger partial charge in [-0.15, -0.1) is 11.3 Å². The Labute approximate surface area is 170 Å². The SMILES string of the molecule is CCN(CC(=O)N1CCc2sccc2[C@@H]1COc1ccc(C)cc1C)C(C)=O. The summed E-state index contributed by atoms with van der Waals surface area (Å²) in [5.74, 6) is 0.745. The molecular formula is C22H28N2O3S. The molecule has 5 nitrogen and oxygen atoms in total. The fourth-order valence-corrected chi connectivity index (χ4v) is 4.63. The third-order valence-corrected chi connectivity index (χ3v) is 6.29. The van der Waals surface area contributed by atoms with Crippen LogP contribution in [0.15, 0.2) is 29.6 Å². The smallest absolute Gasteiger partial charge is 0.242 e. The second-order valence-electron chi connectivity index (χ2n) is 7.27. The summed E-state index contributed by atoms with van der Waals surface area (Å²) >= 11 is 1.73. The van der Waals surface area contributed by atoms with E-state index in [1.54, 1.807) is 16.2 Å². The Morgan fingerprint density at radius 1 is 1.29 bits per heavy atom. The molecule has 0 N–H and O–H groups in total. The molecule has 0 radical (unpaired) electrons. The van der Waals surface area contributed by atoms with Crippen LogP contribution in [0.3, 0.4) is 0 Å². The van der Waals surface area contributed by atoms with Gasteiger partial charge in [-0.25, -0.2) is 0 Å². The monoisotopic (exact) mass is 400 g/mol. The summed E-state index contributed by atoms with van der Waals surface area (Å²) in [7, 11) is 0. The van der Waals surface area contributed by atoms with E-state index in [-0.39, 0.29) is 24.4 Å². The Hall–Kier alpha value is -2.34. The van der Waals surface area contributed by atoms with Crippen LogP contribution >= 0.6 is 11.3 Å². The van der Waals surface area contributed by atoms with E-state index >= 15 is 0 Å². The van der Waals surface area contributed by atoms with Crippen molar-refractivity contribution < 1.29 is 14.3 Å². The number of fused-ring (bicyclic) bond motifs is 1. The molecule has 0 bridgehead atoms. The Kier molecular flexibility index (Phi) is 6.39. The highest BCUT2D eigenvalue weighted by molar-refractivity contribution is 7.10. The minimum Gasteiger partial charge on any atom is -0.491 e. The second-order valence-corrected chi connectivity index (χ2v) is 8.27. The largest absolute Gasteiger partial charge is 0.491 e. The number of hydrogen-bond acceptors (Lipinski definition) is 4. The number of aryl methyl sites for hydroxylation is 2. The first-order chi connectivity index (χ1) is 13.4. The normalized spacial score (nSPS) is 15.9. The molecular weight excluding hydrogens is 372 g/mol. The van der Waals surface area contributed by atoms with Gasteiger partial charge in [0, 0.05) is 24.9 Å². The van der Waals surface area contributed by atoms with Gasteiger partial charge in [0.2, 0.25) is 11.8 Å². The molecule has 0 saturated carbocycles. The van der Waals surface area contributed by atoms with Crippen LogP contribution in [0.25, 0.3) is 0 Å². The van der Waals surface area contributed by atoms with E-state index in [4.69, 9.17) is 4.74 Å². The van der Waals surface area contributed by atoms with Crippen molar-refractivity contribution in [1.29, 1.82) is 0 Å². The zero-order valence-electron chi connectivity index (χ0n) is 17.0. The fourth-order valence-electron chi connectivity index (χ4n) is 3.70. The van der Waals surface area contributed by atoms with Gasteiger partial charge in [-0.1, -0.05) is 17.7 Å². The van der Waals surface area contributed by atoms with Crippen LogP contribution in [-0.2, 0) is 16.0 Å². The Bertz CT molecular complexity index is 861. The minimum atomic E-state index is -0.131. The van der Waals surface area contributed by atoms with Gasteiger partial charge in [-0.2, -0.15) is 0 Å². The van der Waals surface area contributed by atoms with Crippen molar-refractivity contribution in [2.45, 2.75) is 40.2 Å². The predicted octanol–water partition coefficient (Wildman–Crippen LogP) is 3.74. The van der Waals surface area contributed by atoms with Gasteiger partial charge in [0.25, 0.3) is 0 Å². The number of nitrogens with zero attached hydrogens (tertiary/aromatic N) is 2. The molecule has 3 rings (SSSR count). The number of rotatable bonds is 6. The Balaban J connectivity index is 1.79. The molecule has 2 amide bonds. The van der Waals surface area contributed by atoms with Gasteiger partial charge in [-0.05, 0) is 55.8 Å². The molecule has 0 aliphatic carbocycles. The van der Waals surface area contributed by atoms with E-state index in [0.717, 1.165) is 17.7 Å². The molecule has 0 unspecified atom stereocenters. The van der Waals surface area contributed by atoms with E-state index in [1.807, 2.05) is 30.9 Å². The van der Waals surface area contributed by atoms with Crippen molar-refractivity contribution in [3.8, 4) is 5.75 Å². The van der Waals surface area contributed by atoms with Gasteiger partial charge in [0.05, 0.1) is 12.6 Å². The summed E-state index contributed by atoms with van der Waals surface area (Å²) in [6, 6.07) is 8.09. The molecule has 2 aromatic rings. The van der Waals surface area contributed by atoms with Crippen LogP contribution in [-0.4, -0.2) is 47.9 Å². The third kappa shape index (κ3) is 4.38. The highest BCUT2D eigenvalue weighted by Gasteiger charge is 2.33. The second kappa shape index (κ2) is 8.78. The number of carbonyl (C=O) groups is 2. The lowest BCUT2D eigenvalue weighted by molar-refractivity contribution is -0.141. The summed E-state index contributed by atoms with van der Waals surface area (Å²) in [5.41, 5.74) is 3.46. The summed E-state index contributed by atoms with van der Waals surface area (Å²) in [5, 5.41) is 2.08. The molecule has 1 aromatic heterocycles. The van der Waals surface area contributed by atoms with Gasteiger partial charge in [0.15, 0.2) is 0 Å². The van der Waals surface area contributed by atoms with Crippen LogP contribution in [0.1, 0.15) is 41.5 Å². The van der Waals surface area contributed by atoms with E-state index in [2.05, 4.69) is 24.4 Å². The average molecular weight is 401 g/mol. The third-order valence-electron chi connectivity index (χ3n) is 5.30. The Morgan fingerprint density at radius 3 is 2.75 bits per heavy atom. The number of hydrogen-bond donors (Lipinski definition) is 0. The Morgan fingerprint density at radius 2 is 2.07 bits per heavy atom. The zero-order valence-corrected chi connectivity index (χ0v) is 17.8. The first kappa shape index (κ1) is 20.4. The minimum absolute atomic E-state index is 0.0249. The summed E-state index contributed by atoms with van der Waals surface area (Å²) in [4.78, 5) is 29.5. The standard InChI is InChI=1S/C22H28N2O3S/c1-5-23(17(4)25)13-22(26)24-10-8-21-18(9-11-28-21)19(24)14-27-20-7-6-15(2)12-16(20)3/h6-7,9,11-12,19H,5,8,10,13-14H2,1-4H3/t19-/m0/s1. The van der Waals surface area contributed by atoms with Crippen LogP contribution in [0.4, 0.5) is 0 Å². The predicted molar refractivity (Wildman–Crippen MR) is 112 cm³/mol. The molecule has 0 saturated heterocycles. The van der Waals surface area contributed by atoms with Crippen molar-refractivity contribution >= 4 is 23.2 Å². The van der Waals surface area contributed by atoms with Crippen LogP contribution < -0.4 is 4.74 Å². The summed E-state index contributed by atoms with van der Waals surface area (Å²) < 4.78 is 6.15. The lowest BCUT2D eigenvalue weighted by atomic mass is 10.00. The van der Waals surface area contributed by atoms with Crippen molar-refractivity contribution in [3.05, 3.63) is 51.2 Å². The number of carbonyl (C=O) groups excluding carboxylic acids is 2. The van der Waals surface area contributed by atoms with Crippen LogP contribution in [0.5, 0.6) is 5.75 Å². The number of ether oxygens (including phenoxy) is 1. The lowest BCUT2D eigenvalue weighted by Gasteiger charge is -2.37. The van der Waals surface area contributed by atoms with Crippen LogP contribution in [0.2, 0.25) is 0 Å². The molecule has 1 atom stereocenters. The van der Waals surface area contributed by atoms with Gasteiger partial charge >= 0.3 is 0 Å². The van der Waals surface area contributed by atoms with E-state index in [0.29, 0.717) is 19.7 Å².